The summed E-state index contributed by atoms with van der Waals surface area (Å²) in [5.41, 5.74) is 0.731. The molecule has 1 atom stereocenters. The predicted octanol–water partition coefficient (Wildman–Crippen LogP) is 3.00. The lowest BCUT2D eigenvalue weighted by atomic mass is 10.1. The molecule has 2 heterocycles. The number of esters is 1. The third-order valence-corrected chi connectivity index (χ3v) is 6.11. The first-order chi connectivity index (χ1) is 14.5. The van der Waals surface area contributed by atoms with Crippen molar-refractivity contribution in [3.05, 3.63) is 52.2 Å². The minimum atomic E-state index is -0.808. The highest BCUT2D eigenvalue weighted by Gasteiger charge is 2.46. The highest BCUT2D eigenvalue weighted by Crippen LogP contribution is 2.35. The Bertz CT molecular complexity index is 966. The normalized spacial score (nSPS) is 18.6. The molecule has 156 valence electrons. The fourth-order valence-corrected chi connectivity index (χ4v) is 4.27. The molecule has 3 amide bonds. The SMILES string of the molecule is CCOC(=O)c1ccc(N2C(=O)CC(N(Cc3cccs3)C(=O)C3CC3)C2=O)cc1. The van der Waals surface area contributed by atoms with Crippen molar-refractivity contribution in [2.45, 2.75) is 38.8 Å². The molecule has 2 aliphatic rings. The standard InChI is InChI=1S/C22H22N2O5S/c1-2-29-22(28)15-7-9-16(10-8-15)24-19(25)12-18(21(24)27)23(20(26)14-5-6-14)13-17-4-3-11-30-17/h3-4,7-11,14,18H,2,5-6,12-13H2,1H3. The summed E-state index contributed by atoms with van der Waals surface area (Å²) in [6, 6.07) is 9.18. The molecule has 1 aliphatic heterocycles. The zero-order valence-electron chi connectivity index (χ0n) is 16.6. The Morgan fingerprint density at radius 3 is 2.50 bits per heavy atom. The molecule has 7 nitrogen and oxygen atoms in total. The number of carbonyl (C=O) groups excluding carboxylic acids is 4. The Balaban J connectivity index is 1.56. The Morgan fingerprint density at radius 1 is 1.17 bits per heavy atom. The van der Waals surface area contributed by atoms with Gasteiger partial charge in [-0.15, -0.1) is 11.3 Å². The molecule has 4 rings (SSSR count). The van der Waals surface area contributed by atoms with Crippen LogP contribution in [0, 0.1) is 5.92 Å². The second-order valence-corrected chi connectivity index (χ2v) is 8.41. The van der Waals surface area contributed by atoms with Crippen LogP contribution in [0.3, 0.4) is 0 Å². The average molecular weight is 426 g/mol. The molecular weight excluding hydrogens is 404 g/mol. The molecule has 0 bridgehead atoms. The van der Waals surface area contributed by atoms with Gasteiger partial charge in [-0.25, -0.2) is 9.69 Å². The Labute approximate surface area is 178 Å². The minimum absolute atomic E-state index is 0.0394. The van der Waals surface area contributed by atoms with Gasteiger partial charge in [-0.2, -0.15) is 0 Å². The van der Waals surface area contributed by atoms with E-state index in [9.17, 15) is 19.2 Å². The van der Waals surface area contributed by atoms with E-state index >= 15 is 0 Å². The van der Waals surface area contributed by atoms with Crippen LogP contribution in [0.5, 0.6) is 0 Å². The number of hydrogen-bond donors (Lipinski definition) is 0. The minimum Gasteiger partial charge on any atom is -0.462 e. The number of ether oxygens (including phenoxy) is 1. The van der Waals surface area contributed by atoms with E-state index in [1.54, 1.807) is 24.0 Å². The maximum atomic E-state index is 13.2. The Hall–Kier alpha value is -3.00. The maximum Gasteiger partial charge on any atom is 0.338 e. The topological polar surface area (TPSA) is 84.0 Å². The number of carbonyl (C=O) groups is 4. The molecule has 1 aliphatic carbocycles. The Kier molecular flexibility index (Phi) is 5.67. The van der Waals surface area contributed by atoms with Crippen LogP contribution in [-0.2, 0) is 25.7 Å². The van der Waals surface area contributed by atoms with E-state index in [1.807, 2.05) is 17.5 Å². The van der Waals surface area contributed by atoms with Gasteiger partial charge < -0.3 is 9.64 Å². The van der Waals surface area contributed by atoms with Gasteiger partial charge in [0, 0.05) is 10.8 Å². The lowest BCUT2D eigenvalue weighted by Crippen LogP contribution is -2.45. The zero-order chi connectivity index (χ0) is 21.3. The second-order valence-electron chi connectivity index (χ2n) is 7.37. The van der Waals surface area contributed by atoms with Crippen molar-refractivity contribution in [2.24, 2.45) is 5.92 Å². The summed E-state index contributed by atoms with van der Waals surface area (Å²) >= 11 is 1.52. The van der Waals surface area contributed by atoms with Crippen LogP contribution >= 0.6 is 11.3 Å². The molecule has 8 heteroatoms. The monoisotopic (exact) mass is 426 g/mol. The molecule has 30 heavy (non-hydrogen) atoms. The van der Waals surface area contributed by atoms with Crippen LogP contribution < -0.4 is 4.90 Å². The fraction of sp³-hybridized carbons (Fsp3) is 0.364. The number of benzene rings is 1. The van der Waals surface area contributed by atoms with Gasteiger partial charge in [0.05, 0.1) is 30.8 Å². The highest BCUT2D eigenvalue weighted by molar-refractivity contribution is 7.09. The molecule has 1 aromatic heterocycles. The predicted molar refractivity (Wildman–Crippen MR) is 111 cm³/mol. The quantitative estimate of drug-likeness (QED) is 0.502. The van der Waals surface area contributed by atoms with Gasteiger partial charge in [-0.3, -0.25) is 14.4 Å². The van der Waals surface area contributed by atoms with Crippen molar-refractivity contribution < 1.29 is 23.9 Å². The summed E-state index contributed by atoms with van der Waals surface area (Å²) < 4.78 is 4.96. The van der Waals surface area contributed by atoms with Crippen molar-refractivity contribution in [1.82, 2.24) is 4.90 Å². The maximum absolute atomic E-state index is 13.2. The van der Waals surface area contributed by atoms with Gasteiger partial charge in [0.15, 0.2) is 0 Å². The van der Waals surface area contributed by atoms with Gasteiger partial charge in [-0.05, 0) is 55.5 Å². The third kappa shape index (κ3) is 4.00. The Morgan fingerprint density at radius 2 is 1.90 bits per heavy atom. The van der Waals surface area contributed by atoms with Crippen LogP contribution in [0.2, 0.25) is 0 Å². The van der Waals surface area contributed by atoms with Crippen LogP contribution in [0.1, 0.15) is 41.4 Å². The smallest absolute Gasteiger partial charge is 0.338 e. The van der Waals surface area contributed by atoms with Gasteiger partial charge in [0.1, 0.15) is 6.04 Å². The number of anilines is 1. The number of thiophene rings is 1. The number of imide groups is 1. The van der Waals surface area contributed by atoms with Crippen molar-refractivity contribution in [3.63, 3.8) is 0 Å². The van der Waals surface area contributed by atoms with Crippen LogP contribution in [0.25, 0.3) is 0 Å². The van der Waals surface area contributed by atoms with Crippen molar-refractivity contribution >= 4 is 40.7 Å². The first kappa shape index (κ1) is 20.3. The van der Waals surface area contributed by atoms with E-state index in [-0.39, 0.29) is 30.8 Å². The summed E-state index contributed by atoms with van der Waals surface area (Å²) in [4.78, 5) is 54.3. The van der Waals surface area contributed by atoms with E-state index in [0.717, 1.165) is 22.6 Å². The summed E-state index contributed by atoms with van der Waals surface area (Å²) in [5.74, 6) is -1.33. The number of rotatable bonds is 7. The highest BCUT2D eigenvalue weighted by atomic mass is 32.1. The largest absolute Gasteiger partial charge is 0.462 e. The molecule has 0 radical (unpaired) electrons. The van der Waals surface area contributed by atoms with Crippen LogP contribution in [-0.4, -0.2) is 41.2 Å². The molecule has 1 saturated heterocycles. The summed E-state index contributed by atoms with van der Waals surface area (Å²) in [7, 11) is 0. The van der Waals surface area contributed by atoms with E-state index in [0.29, 0.717) is 17.8 Å². The summed E-state index contributed by atoms with van der Waals surface area (Å²) in [6.45, 7) is 2.31. The van der Waals surface area contributed by atoms with Crippen LogP contribution in [0.4, 0.5) is 5.69 Å². The molecule has 2 fully saturated rings. The molecule has 0 N–H and O–H groups in total. The molecule has 1 aromatic carbocycles. The van der Waals surface area contributed by atoms with Crippen molar-refractivity contribution in [1.29, 1.82) is 0 Å². The van der Waals surface area contributed by atoms with Gasteiger partial charge in [0.2, 0.25) is 11.8 Å². The van der Waals surface area contributed by atoms with Crippen molar-refractivity contribution in [2.75, 3.05) is 11.5 Å². The van der Waals surface area contributed by atoms with Crippen LogP contribution in [0.15, 0.2) is 41.8 Å². The van der Waals surface area contributed by atoms with E-state index < -0.39 is 17.9 Å². The van der Waals surface area contributed by atoms with E-state index in [2.05, 4.69) is 0 Å². The summed E-state index contributed by atoms with van der Waals surface area (Å²) in [5, 5.41) is 1.92. The first-order valence-corrected chi connectivity index (χ1v) is 10.8. The first-order valence-electron chi connectivity index (χ1n) is 9.96. The number of amides is 3. The molecule has 1 saturated carbocycles. The fourth-order valence-electron chi connectivity index (χ4n) is 3.57. The molecule has 1 unspecified atom stereocenters. The van der Waals surface area contributed by atoms with Gasteiger partial charge >= 0.3 is 5.97 Å². The third-order valence-electron chi connectivity index (χ3n) is 5.25. The van der Waals surface area contributed by atoms with Gasteiger partial charge in [-0.1, -0.05) is 6.07 Å². The number of nitrogens with zero attached hydrogens (tertiary/aromatic N) is 2. The van der Waals surface area contributed by atoms with E-state index in [4.69, 9.17) is 4.74 Å². The van der Waals surface area contributed by atoms with Gasteiger partial charge in [0.25, 0.3) is 5.91 Å². The molecule has 2 aromatic rings. The molecule has 0 spiro atoms. The lowest BCUT2D eigenvalue weighted by Gasteiger charge is -2.27. The zero-order valence-corrected chi connectivity index (χ0v) is 17.4. The molecular formula is C22H22N2O5S. The summed E-state index contributed by atoms with van der Waals surface area (Å²) in [6.07, 6.45) is 1.61. The lowest BCUT2D eigenvalue weighted by molar-refractivity contribution is -0.140. The second kappa shape index (κ2) is 8.39. The van der Waals surface area contributed by atoms with Crippen molar-refractivity contribution in [3.8, 4) is 0 Å². The average Bonchev–Trinajstić information content (AvgIpc) is 3.38. The van der Waals surface area contributed by atoms with E-state index in [1.165, 1.54) is 23.5 Å². The number of hydrogen-bond acceptors (Lipinski definition) is 6.